The summed E-state index contributed by atoms with van der Waals surface area (Å²) in [4.78, 5) is 39.0. The monoisotopic (exact) mass is 494 g/mol. The molecule has 1 heterocycles. The number of hydrogen-bond acceptors (Lipinski definition) is 4. The minimum Gasteiger partial charge on any atom is -0.486 e. The van der Waals surface area contributed by atoms with Gasteiger partial charge in [-0.25, -0.2) is 9.69 Å². The van der Waals surface area contributed by atoms with Crippen LogP contribution in [-0.4, -0.2) is 17.8 Å². The number of urea groups is 1. The van der Waals surface area contributed by atoms with Crippen molar-refractivity contribution in [1.82, 2.24) is 5.32 Å². The van der Waals surface area contributed by atoms with Crippen LogP contribution in [0.1, 0.15) is 22.3 Å². The number of benzene rings is 3. The average Bonchev–Trinajstić information content (AvgIpc) is 2.76. The maximum Gasteiger partial charge on any atom is 0.335 e. The maximum absolute atomic E-state index is 13.2. The number of hydrogen-bond donors (Lipinski definition) is 1. The van der Waals surface area contributed by atoms with E-state index in [9.17, 15) is 14.4 Å². The van der Waals surface area contributed by atoms with E-state index in [0.29, 0.717) is 17.0 Å². The zero-order chi connectivity index (χ0) is 24.4. The van der Waals surface area contributed by atoms with Crippen LogP contribution in [0.25, 0.3) is 6.08 Å². The molecule has 172 valence electrons. The van der Waals surface area contributed by atoms with E-state index in [-0.39, 0.29) is 22.2 Å². The van der Waals surface area contributed by atoms with E-state index in [0.717, 1.165) is 21.6 Å². The third kappa shape index (κ3) is 4.98. The van der Waals surface area contributed by atoms with Crippen LogP contribution in [0.15, 0.2) is 66.2 Å². The number of ether oxygens (including phenoxy) is 1. The molecule has 0 spiro atoms. The molecule has 1 aliphatic heterocycles. The van der Waals surface area contributed by atoms with Crippen LogP contribution in [0.4, 0.5) is 10.5 Å². The van der Waals surface area contributed by atoms with Gasteiger partial charge >= 0.3 is 6.03 Å². The largest absolute Gasteiger partial charge is 0.486 e. The number of nitrogens with one attached hydrogen (secondary N) is 1. The zero-order valence-corrected chi connectivity index (χ0v) is 19.9. The Morgan fingerprint density at radius 1 is 0.912 bits per heavy atom. The van der Waals surface area contributed by atoms with Crippen molar-refractivity contribution >= 4 is 52.8 Å². The van der Waals surface area contributed by atoms with E-state index in [2.05, 4.69) is 5.32 Å². The second-order valence-corrected chi connectivity index (χ2v) is 8.71. The highest BCUT2D eigenvalue weighted by atomic mass is 35.5. The van der Waals surface area contributed by atoms with Gasteiger partial charge in [-0.2, -0.15) is 0 Å². The number of amides is 4. The van der Waals surface area contributed by atoms with Crippen molar-refractivity contribution < 1.29 is 19.1 Å². The van der Waals surface area contributed by atoms with Crippen LogP contribution < -0.4 is 15.0 Å². The van der Waals surface area contributed by atoms with Crippen molar-refractivity contribution in [3.05, 3.63) is 98.5 Å². The second-order valence-electron chi connectivity index (χ2n) is 7.89. The van der Waals surface area contributed by atoms with Crippen LogP contribution in [0.3, 0.4) is 0 Å². The molecule has 1 saturated heterocycles. The number of rotatable bonds is 5. The van der Waals surface area contributed by atoms with Crippen molar-refractivity contribution in [3.63, 3.8) is 0 Å². The van der Waals surface area contributed by atoms with E-state index in [4.69, 9.17) is 27.9 Å². The summed E-state index contributed by atoms with van der Waals surface area (Å²) in [6, 6.07) is 17.1. The van der Waals surface area contributed by atoms with Crippen molar-refractivity contribution in [2.45, 2.75) is 20.5 Å². The van der Waals surface area contributed by atoms with Crippen LogP contribution >= 0.6 is 23.2 Å². The topological polar surface area (TPSA) is 75.7 Å². The molecule has 0 atom stereocenters. The van der Waals surface area contributed by atoms with E-state index in [1.54, 1.807) is 24.3 Å². The minimum absolute atomic E-state index is 0.219. The lowest BCUT2D eigenvalue weighted by molar-refractivity contribution is -0.122. The molecule has 1 N–H and O–H groups in total. The predicted octanol–water partition coefficient (Wildman–Crippen LogP) is 5.86. The fourth-order valence-electron chi connectivity index (χ4n) is 3.67. The highest BCUT2D eigenvalue weighted by Crippen LogP contribution is 2.36. The van der Waals surface area contributed by atoms with Gasteiger partial charge in [-0.15, -0.1) is 0 Å². The number of imide groups is 2. The molecule has 3 aromatic carbocycles. The highest BCUT2D eigenvalue weighted by molar-refractivity contribution is 6.40. The molecule has 0 aromatic heterocycles. The molecule has 4 amide bonds. The summed E-state index contributed by atoms with van der Waals surface area (Å²) in [7, 11) is 0. The first-order chi connectivity index (χ1) is 16.2. The van der Waals surface area contributed by atoms with Crippen LogP contribution in [0.2, 0.25) is 10.0 Å². The van der Waals surface area contributed by atoms with Crippen LogP contribution in [0, 0.1) is 13.8 Å². The van der Waals surface area contributed by atoms with Gasteiger partial charge in [0.1, 0.15) is 12.2 Å². The third-order valence-corrected chi connectivity index (χ3v) is 5.69. The Morgan fingerprint density at radius 2 is 1.53 bits per heavy atom. The molecular formula is C26H20Cl2N2O4. The number of aryl methyl sites for hydroxylation is 2. The van der Waals surface area contributed by atoms with Crippen LogP contribution in [-0.2, 0) is 16.2 Å². The van der Waals surface area contributed by atoms with Gasteiger partial charge in [0.2, 0.25) is 0 Å². The third-order valence-electron chi connectivity index (χ3n) is 5.12. The summed E-state index contributed by atoms with van der Waals surface area (Å²) in [6.45, 7) is 3.99. The number of carbonyl (C=O) groups is 3. The Kier molecular flexibility index (Phi) is 6.72. The quantitative estimate of drug-likeness (QED) is 0.356. The lowest BCUT2D eigenvalue weighted by Gasteiger charge is -2.27. The summed E-state index contributed by atoms with van der Waals surface area (Å²) >= 11 is 12.8. The second kappa shape index (κ2) is 9.71. The van der Waals surface area contributed by atoms with Gasteiger partial charge in [0.05, 0.1) is 15.7 Å². The summed E-state index contributed by atoms with van der Waals surface area (Å²) in [5.74, 6) is -1.25. The van der Waals surface area contributed by atoms with Gasteiger partial charge in [0, 0.05) is 0 Å². The minimum atomic E-state index is -0.808. The summed E-state index contributed by atoms with van der Waals surface area (Å²) in [6.07, 6.45) is 1.35. The van der Waals surface area contributed by atoms with Crippen molar-refractivity contribution in [3.8, 4) is 5.75 Å². The molecule has 1 aliphatic rings. The molecule has 6 nitrogen and oxygen atoms in total. The van der Waals surface area contributed by atoms with Gasteiger partial charge in [-0.05, 0) is 66.4 Å². The first-order valence-electron chi connectivity index (χ1n) is 10.4. The summed E-state index contributed by atoms with van der Waals surface area (Å²) in [5, 5.41) is 2.66. The molecule has 0 unspecified atom stereocenters. The fourth-order valence-corrected chi connectivity index (χ4v) is 4.28. The molecular weight excluding hydrogens is 475 g/mol. The van der Waals surface area contributed by atoms with Gasteiger partial charge in [-0.3, -0.25) is 14.9 Å². The first-order valence-corrected chi connectivity index (χ1v) is 11.1. The number of anilines is 1. The first kappa shape index (κ1) is 23.5. The fraction of sp³-hybridized carbons (Fsp3) is 0.115. The molecule has 8 heteroatoms. The van der Waals surface area contributed by atoms with Crippen molar-refractivity contribution in [2.24, 2.45) is 0 Å². The molecule has 0 aliphatic carbocycles. The molecule has 3 aromatic rings. The number of carbonyl (C=O) groups excluding carboxylic acids is 3. The standard InChI is InChI=1S/C26H20Cl2N2O4/c1-15-8-16(2)10-19(9-15)30-25(32)20(24(31)29-26(30)33)11-18-12-21(27)23(22(28)13-18)34-14-17-6-4-3-5-7-17/h3-13H,14H2,1-2H3,(H,29,31,33)/b20-11+. The van der Waals surface area contributed by atoms with E-state index >= 15 is 0 Å². The van der Waals surface area contributed by atoms with E-state index in [1.165, 1.54) is 6.08 Å². The van der Waals surface area contributed by atoms with Gasteiger partial charge in [-0.1, -0.05) is 59.6 Å². The Bertz CT molecular complexity index is 1290. The molecule has 1 fully saturated rings. The SMILES string of the molecule is Cc1cc(C)cc(N2C(=O)NC(=O)/C(=C\c3cc(Cl)c(OCc4ccccc4)c(Cl)c3)C2=O)c1. The zero-order valence-electron chi connectivity index (χ0n) is 18.4. The molecule has 34 heavy (non-hydrogen) atoms. The average molecular weight is 495 g/mol. The smallest absolute Gasteiger partial charge is 0.335 e. The van der Waals surface area contributed by atoms with E-state index in [1.807, 2.05) is 50.2 Å². The highest BCUT2D eigenvalue weighted by Gasteiger charge is 2.37. The Hall–Kier alpha value is -3.61. The molecule has 0 saturated carbocycles. The van der Waals surface area contributed by atoms with Crippen molar-refractivity contribution in [2.75, 3.05) is 4.90 Å². The predicted molar refractivity (Wildman–Crippen MR) is 132 cm³/mol. The summed E-state index contributed by atoms with van der Waals surface area (Å²) < 4.78 is 5.77. The molecule has 4 rings (SSSR count). The molecule has 0 radical (unpaired) electrons. The Morgan fingerprint density at radius 3 is 2.15 bits per heavy atom. The van der Waals surface area contributed by atoms with Crippen molar-refractivity contribution in [1.29, 1.82) is 0 Å². The van der Waals surface area contributed by atoms with E-state index < -0.39 is 17.8 Å². The lowest BCUT2D eigenvalue weighted by atomic mass is 10.1. The number of barbiturate groups is 1. The maximum atomic E-state index is 13.2. The lowest BCUT2D eigenvalue weighted by Crippen LogP contribution is -2.54. The number of nitrogens with zero attached hydrogens (tertiary/aromatic N) is 1. The Labute approximate surface area is 206 Å². The van der Waals surface area contributed by atoms with Gasteiger partial charge in [0.25, 0.3) is 11.8 Å². The normalized spacial score (nSPS) is 15.0. The summed E-state index contributed by atoms with van der Waals surface area (Å²) in [5.41, 5.74) is 3.27. The Balaban J connectivity index is 1.63. The molecule has 0 bridgehead atoms. The van der Waals surface area contributed by atoms with Gasteiger partial charge < -0.3 is 4.74 Å². The number of halogens is 2. The van der Waals surface area contributed by atoms with Crippen LogP contribution in [0.5, 0.6) is 5.75 Å². The van der Waals surface area contributed by atoms with Gasteiger partial charge in [0.15, 0.2) is 5.75 Å².